The Hall–Kier alpha value is -2.12. The number of rotatable bonds is 15. The van der Waals surface area contributed by atoms with Gasteiger partial charge in [0.15, 0.2) is 0 Å². The Balaban J connectivity index is 3.67. The van der Waals surface area contributed by atoms with Crippen LogP contribution in [0.2, 0.25) is 0 Å². The molecule has 26 heavy (non-hydrogen) atoms. The first kappa shape index (κ1) is 23.9. The van der Waals surface area contributed by atoms with E-state index in [0.29, 0.717) is 25.9 Å². The summed E-state index contributed by atoms with van der Waals surface area (Å²) in [6, 6.07) is 0. The summed E-state index contributed by atoms with van der Waals surface area (Å²) in [5.41, 5.74) is 0. The number of carbonyl (C=O) groups is 4. The van der Waals surface area contributed by atoms with Gasteiger partial charge in [0.25, 0.3) is 0 Å². The fraction of sp³-hybridized carbons (Fsp3) is 0.778. The molecule has 0 saturated carbocycles. The summed E-state index contributed by atoms with van der Waals surface area (Å²) in [6.07, 6.45) is 4.94. The number of hydrogen-bond acceptors (Lipinski definition) is 4. The number of carboxylic acid groups (broad SMARTS) is 2. The van der Waals surface area contributed by atoms with Gasteiger partial charge >= 0.3 is 11.9 Å². The summed E-state index contributed by atoms with van der Waals surface area (Å²) in [5, 5.41) is 17.1. The van der Waals surface area contributed by atoms with Gasteiger partial charge in [-0.05, 0) is 25.7 Å². The van der Waals surface area contributed by atoms with E-state index < -0.39 is 11.9 Å². The van der Waals surface area contributed by atoms with E-state index in [1.807, 2.05) is 0 Å². The van der Waals surface area contributed by atoms with Crippen molar-refractivity contribution < 1.29 is 29.4 Å². The predicted molar refractivity (Wildman–Crippen MR) is 96.7 cm³/mol. The number of nitrogens with zero attached hydrogens (tertiary/aromatic N) is 2. The van der Waals surface area contributed by atoms with Gasteiger partial charge in [0.2, 0.25) is 11.8 Å². The molecule has 150 valence electrons. The standard InChI is InChI=1S/C18H32N2O6/c1-19(15(21)9-7-11-17(23)24)13-5-3-4-6-14-20(2)16(22)10-8-12-18(25)26/h3-14H2,1-2H3,(H,23,24)(H,25,26). The van der Waals surface area contributed by atoms with E-state index in [1.165, 1.54) is 0 Å². The molecule has 8 nitrogen and oxygen atoms in total. The molecule has 0 aromatic carbocycles. The lowest BCUT2D eigenvalue weighted by molar-refractivity contribution is -0.138. The van der Waals surface area contributed by atoms with Gasteiger partial charge < -0.3 is 20.0 Å². The first-order valence-corrected chi connectivity index (χ1v) is 9.15. The zero-order valence-corrected chi connectivity index (χ0v) is 15.9. The fourth-order valence-electron chi connectivity index (χ4n) is 2.46. The highest BCUT2D eigenvalue weighted by Crippen LogP contribution is 2.06. The number of carboxylic acids is 2. The second-order valence-corrected chi connectivity index (χ2v) is 6.54. The molecule has 0 fully saturated rings. The molecule has 2 amide bonds. The molecule has 8 heteroatoms. The van der Waals surface area contributed by atoms with E-state index in [1.54, 1.807) is 23.9 Å². The topological polar surface area (TPSA) is 115 Å². The molecule has 0 rings (SSSR count). The molecule has 0 aliphatic rings. The molecule has 0 spiro atoms. The van der Waals surface area contributed by atoms with Crippen molar-refractivity contribution in [2.75, 3.05) is 27.2 Å². The van der Waals surface area contributed by atoms with Crippen molar-refractivity contribution in [2.45, 2.75) is 64.2 Å². The maximum atomic E-state index is 11.8. The van der Waals surface area contributed by atoms with Crippen molar-refractivity contribution >= 4 is 23.8 Å². The monoisotopic (exact) mass is 372 g/mol. The summed E-state index contributed by atoms with van der Waals surface area (Å²) in [6.45, 7) is 1.30. The average molecular weight is 372 g/mol. The molecule has 0 aromatic heterocycles. The van der Waals surface area contributed by atoms with Crippen molar-refractivity contribution in [3.63, 3.8) is 0 Å². The smallest absolute Gasteiger partial charge is 0.303 e. The van der Waals surface area contributed by atoms with Gasteiger partial charge in [-0.2, -0.15) is 0 Å². The minimum Gasteiger partial charge on any atom is -0.481 e. The second kappa shape index (κ2) is 14.1. The molecule has 0 atom stereocenters. The van der Waals surface area contributed by atoms with Crippen LogP contribution < -0.4 is 0 Å². The molecule has 0 aliphatic carbocycles. The van der Waals surface area contributed by atoms with Crippen LogP contribution in [0.15, 0.2) is 0 Å². The van der Waals surface area contributed by atoms with E-state index in [9.17, 15) is 19.2 Å². The highest BCUT2D eigenvalue weighted by Gasteiger charge is 2.10. The summed E-state index contributed by atoms with van der Waals surface area (Å²) in [4.78, 5) is 47.7. The van der Waals surface area contributed by atoms with E-state index >= 15 is 0 Å². The largest absolute Gasteiger partial charge is 0.481 e. The maximum absolute atomic E-state index is 11.8. The van der Waals surface area contributed by atoms with Crippen molar-refractivity contribution in [3.05, 3.63) is 0 Å². The summed E-state index contributed by atoms with van der Waals surface area (Å²) < 4.78 is 0. The lowest BCUT2D eigenvalue weighted by Crippen LogP contribution is -2.28. The Labute approximate surface area is 155 Å². The van der Waals surface area contributed by atoms with Gasteiger partial charge in [-0.15, -0.1) is 0 Å². The molecule has 0 saturated heterocycles. The average Bonchev–Trinajstić information content (AvgIpc) is 2.56. The lowest BCUT2D eigenvalue weighted by Gasteiger charge is -2.18. The quantitative estimate of drug-likeness (QED) is 0.425. The fourth-order valence-corrected chi connectivity index (χ4v) is 2.46. The number of carbonyl (C=O) groups excluding carboxylic acids is 2. The van der Waals surface area contributed by atoms with Crippen LogP contribution in [0.5, 0.6) is 0 Å². The van der Waals surface area contributed by atoms with Gasteiger partial charge in [0.05, 0.1) is 0 Å². The highest BCUT2D eigenvalue weighted by atomic mass is 16.4. The summed E-state index contributed by atoms with van der Waals surface area (Å²) in [7, 11) is 3.46. The van der Waals surface area contributed by atoms with E-state index in [4.69, 9.17) is 10.2 Å². The normalized spacial score (nSPS) is 10.4. The molecule has 0 aliphatic heterocycles. The van der Waals surface area contributed by atoms with Gasteiger partial charge in [0.1, 0.15) is 0 Å². The van der Waals surface area contributed by atoms with Crippen LogP contribution in [-0.2, 0) is 19.2 Å². The van der Waals surface area contributed by atoms with Crippen LogP contribution in [0.1, 0.15) is 64.2 Å². The summed E-state index contributed by atoms with van der Waals surface area (Å²) in [5.74, 6) is -1.83. The molecule has 2 N–H and O–H groups in total. The highest BCUT2D eigenvalue weighted by molar-refractivity contribution is 5.77. The zero-order valence-electron chi connectivity index (χ0n) is 15.9. The number of hydrogen-bond donors (Lipinski definition) is 2. The SMILES string of the molecule is CN(CCCCCCN(C)C(=O)CCCC(=O)O)C(=O)CCCC(=O)O. The molecular weight excluding hydrogens is 340 g/mol. The Morgan fingerprint density at radius 1 is 0.577 bits per heavy atom. The third kappa shape index (κ3) is 13.2. The zero-order chi connectivity index (χ0) is 19.9. The number of aliphatic carboxylic acids is 2. The maximum Gasteiger partial charge on any atom is 0.303 e. The molecule has 0 heterocycles. The Kier molecular flexibility index (Phi) is 12.9. The van der Waals surface area contributed by atoms with Crippen LogP contribution in [0.3, 0.4) is 0 Å². The molecule has 0 radical (unpaired) electrons. The summed E-state index contributed by atoms with van der Waals surface area (Å²) >= 11 is 0. The minimum atomic E-state index is -0.884. The van der Waals surface area contributed by atoms with E-state index in [0.717, 1.165) is 25.7 Å². The molecule has 0 unspecified atom stereocenters. The van der Waals surface area contributed by atoms with Crippen LogP contribution in [0.25, 0.3) is 0 Å². The Bertz CT molecular complexity index is 425. The van der Waals surface area contributed by atoms with Gasteiger partial charge in [-0.3, -0.25) is 19.2 Å². The van der Waals surface area contributed by atoms with Crippen LogP contribution in [0.4, 0.5) is 0 Å². The van der Waals surface area contributed by atoms with E-state index in [-0.39, 0.29) is 37.5 Å². The Morgan fingerprint density at radius 2 is 0.923 bits per heavy atom. The van der Waals surface area contributed by atoms with Gasteiger partial charge in [-0.1, -0.05) is 12.8 Å². The van der Waals surface area contributed by atoms with Crippen molar-refractivity contribution in [1.29, 1.82) is 0 Å². The molecule has 0 aromatic rings. The molecule has 0 bridgehead atoms. The molecular formula is C18H32N2O6. The van der Waals surface area contributed by atoms with Crippen LogP contribution >= 0.6 is 0 Å². The van der Waals surface area contributed by atoms with Gasteiger partial charge in [0, 0.05) is 52.9 Å². The minimum absolute atomic E-state index is 0.0160. The Morgan fingerprint density at radius 3 is 1.23 bits per heavy atom. The third-order valence-corrected chi connectivity index (χ3v) is 4.15. The second-order valence-electron chi connectivity index (χ2n) is 6.54. The first-order valence-electron chi connectivity index (χ1n) is 9.15. The number of unbranched alkanes of at least 4 members (excludes halogenated alkanes) is 3. The lowest BCUT2D eigenvalue weighted by atomic mass is 10.1. The first-order chi connectivity index (χ1) is 12.2. The van der Waals surface area contributed by atoms with Crippen molar-refractivity contribution in [2.24, 2.45) is 0 Å². The van der Waals surface area contributed by atoms with Crippen molar-refractivity contribution in [3.8, 4) is 0 Å². The van der Waals surface area contributed by atoms with Crippen LogP contribution in [0, 0.1) is 0 Å². The van der Waals surface area contributed by atoms with E-state index in [2.05, 4.69) is 0 Å². The van der Waals surface area contributed by atoms with Crippen molar-refractivity contribution in [1.82, 2.24) is 9.80 Å². The predicted octanol–water partition coefficient (Wildman–Crippen LogP) is 1.97. The van der Waals surface area contributed by atoms with Crippen LogP contribution in [-0.4, -0.2) is 71.0 Å². The third-order valence-electron chi connectivity index (χ3n) is 4.15. The van der Waals surface area contributed by atoms with Gasteiger partial charge in [-0.25, -0.2) is 0 Å². The number of amides is 2.